The molecule has 0 aliphatic carbocycles. The largest absolute Gasteiger partial charge is 0.432 e. The zero-order valence-corrected chi connectivity index (χ0v) is 14.4. The Morgan fingerprint density at radius 2 is 2.12 bits per heavy atom. The Morgan fingerprint density at radius 3 is 2.77 bits per heavy atom. The minimum atomic E-state index is -3.15. The van der Waals surface area contributed by atoms with Crippen molar-refractivity contribution in [1.82, 2.24) is 9.55 Å². The number of rotatable bonds is 4. The van der Waals surface area contributed by atoms with E-state index >= 15 is 0 Å². The fourth-order valence-electron chi connectivity index (χ4n) is 2.38. The van der Waals surface area contributed by atoms with Gasteiger partial charge >= 0.3 is 6.61 Å². The van der Waals surface area contributed by atoms with E-state index in [1.54, 1.807) is 14.0 Å². The van der Waals surface area contributed by atoms with Gasteiger partial charge in [0, 0.05) is 18.8 Å². The number of benzene rings is 1. The van der Waals surface area contributed by atoms with E-state index < -0.39 is 24.1 Å². The van der Waals surface area contributed by atoms with Gasteiger partial charge in [0.05, 0.1) is 16.6 Å². The molecule has 136 valence electrons. The minimum Gasteiger partial charge on any atom is -0.432 e. The number of carbonyl (C=O) groups is 1. The lowest BCUT2D eigenvalue weighted by molar-refractivity contribution is -0.0521. The van der Waals surface area contributed by atoms with Crippen LogP contribution in [0, 0.1) is 12.7 Å². The Hall–Kier alpha value is -2.88. The quantitative estimate of drug-likeness (QED) is 0.750. The maximum Gasteiger partial charge on any atom is 0.387 e. The van der Waals surface area contributed by atoms with E-state index in [9.17, 15) is 22.8 Å². The molecule has 6 nitrogen and oxygen atoms in total. The second-order valence-corrected chi connectivity index (χ2v) is 6.37. The zero-order valence-electron chi connectivity index (χ0n) is 13.5. The van der Waals surface area contributed by atoms with Crippen molar-refractivity contribution in [3.63, 3.8) is 0 Å². The van der Waals surface area contributed by atoms with E-state index in [-0.39, 0.29) is 16.1 Å². The number of halogens is 3. The second kappa shape index (κ2) is 6.79. The van der Waals surface area contributed by atoms with Crippen molar-refractivity contribution in [1.29, 1.82) is 0 Å². The first-order chi connectivity index (χ1) is 12.3. The van der Waals surface area contributed by atoms with E-state index in [0.717, 1.165) is 23.5 Å². The molecule has 2 heterocycles. The van der Waals surface area contributed by atoms with Gasteiger partial charge in [0.1, 0.15) is 4.83 Å². The van der Waals surface area contributed by atoms with Crippen molar-refractivity contribution in [2.75, 3.05) is 5.32 Å². The summed E-state index contributed by atoms with van der Waals surface area (Å²) in [5, 5.41) is 2.81. The van der Waals surface area contributed by atoms with Crippen molar-refractivity contribution in [2.45, 2.75) is 13.5 Å². The number of nitrogens with zero attached hydrogens (tertiary/aromatic N) is 2. The number of alkyl halides is 2. The third kappa shape index (κ3) is 3.27. The number of carbonyl (C=O) groups excluding carboxylic acids is 1. The van der Waals surface area contributed by atoms with Crippen LogP contribution in [0.2, 0.25) is 0 Å². The van der Waals surface area contributed by atoms with E-state index in [4.69, 9.17) is 0 Å². The van der Waals surface area contributed by atoms with Gasteiger partial charge in [-0.05, 0) is 24.6 Å². The molecule has 0 aliphatic heterocycles. The number of hydrogen-bond acceptors (Lipinski definition) is 5. The van der Waals surface area contributed by atoms with E-state index in [0.29, 0.717) is 15.8 Å². The molecule has 3 aromatic rings. The average molecular weight is 383 g/mol. The number of thiophene rings is 1. The summed E-state index contributed by atoms with van der Waals surface area (Å²) in [7, 11) is 1.55. The molecule has 1 aromatic carbocycles. The first-order valence-corrected chi connectivity index (χ1v) is 8.10. The second-order valence-electron chi connectivity index (χ2n) is 5.37. The lowest BCUT2D eigenvalue weighted by Gasteiger charge is -2.08. The van der Waals surface area contributed by atoms with E-state index in [1.807, 2.05) is 0 Å². The number of fused-ring (bicyclic) bond motifs is 1. The topological polar surface area (TPSA) is 73.2 Å². The molecule has 0 aliphatic rings. The molecule has 0 unspecified atom stereocenters. The van der Waals surface area contributed by atoms with Gasteiger partial charge in [-0.3, -0.25) is 9.59 Å². The molecular formula is C16H12F3N3O3S. The molecule has 0 radical (unpaired) electrons. The summed E-state index contributed by atoms with van der Waals surface area (Å²) in [6, 6.07) is 3.10. The van der Waals surface area contributed by atoms with Crippen LogP contribution in [0.5, 0.6) is 5.75 Å². The summed E-state index contributed by atoms with van der Waals surface area (Å²) in [6.45, 7) is -1.53. The van der Waals surface area contributed by atoms with Gasteiger partial charge in [-0.15, -0.1) is 11.3 Å². The highest BCUT2D eigenvalue weighted by molar-refractivity contribution is 7.20. The van der Waals surface area contributed by atoms with E-state index in [1.165, 1.54) is 17.0 Å². The van der Waals surface area contributed by atoms with Gasteiger partial charge in [-0.1, -0.05) is 0 Å². The molecule has 2 aromatic heterocycles. The Bertz CT molecular complexity index is 1060. The van der Waals surface area contributed by atoms with Gasteiger partial charge in [-0.2, -0.15) is 8.78 Å². The highest BCUT2D eigenvalue weighted by Gasteiger charge is 2.19. The lowest BCUT2D eigenvalue weighted by Crippen LogP contribution is -2.17. The van der Waals surface area contributed by atoms with Crippen LogP contribution in [0.15, 0.2) is 29.3 Å². The number of hydrogen-bond donors (Lipinski definition) is 1. The summed E-state index contributed by atoms with van der Waals surface area (Å²) in [4.78, 5) is 29.4. The Balaban J connectivity index is 1.90. The van der Waals surface area contributed by atoms with Gasteiger partial charge in [-0.25, -0.2) is 9.37 Å². The molecule has 0 spiro atoms. The number of anilines is 1. The molecule has 0 saturated carbocycles. The van der Waals surface area contributed by atoms with Crippen LogP contribution >= 0.6 is 11.3 Å². The maximum atomic E-state index is 13.7. The van der Waals surface area contributed by atoms with Crippen LogP contribution in [0.25, 0.3) is 10.2 Å². The fourth-order valence-corrected chi connectivity index (χ4v) is 3.42. The fraction of sp³-hybridized carbons (Fsp3) is 0.188. The zero-order chi connectivity index (χ0) is 19.0. The van der Waals surface area contributed by atoms with Gasteiger partial charge in [0.15, 0.2) is 11.6 Å². The smallest absolute Gasteiger partial charge is 0.387 e. The number of aromatic nitrogens is 2. The average Bonchev–Trinajstić information content (AvgIpc) is 2.91. The molecule has 1 amide bonds. The number of ether oxygens (including phenoxy) is 1. The van der Waals surface area contributed by atoms with Crippen molar-refractivity contribution in [3.8, 4) is 5.75 Å². The van der Waals surface area contributed by atoms with Crippen molar-refractivity contribution in [2.24, 2.45) is 7.05 Å². The monoisotopic (exact) mass is 383 g/mol. The summed E-state index contributed by atoms with van der Waals surface area (Å²) >= 11 is 1.04. The summed E-state index contributed by atoms with van der Waals surface area (Å²) in [5.41, 5.74) is 0.253. The number of aryl methyl sites for hydroxylation is 2. The van der Waals surface area contributed by atoms with Crippen LogP contribution in [-0.2, 0) is 7.05 Å². The molecule has 0 saturated heterocycles. The molecule has 1 N–H and O–H groups in total. The summed E-state index contributed by atoms with van der Waals surface area (Å²) in [5.74, 6) is -2.22. The minimum absolute atomic E-state index is 0.0619. The molecule has 10 heteroatoms. The van der Waals surface area contributed by atoms with Crippen LogP contribution < -0.4 is 15.6 Å². The van der Waals surface area contributed by atoms with Crippen molar-refractivity contribution < 1.29 is 22.7 Å². The summed E-state index contributed by atoms with van der Waals surface area (Å²) in [6.07, 6.45) is 1.36. The first kappa shape index (κ1) is 17.9. The SMILES string of the molecule is Cc1c(C(=O)Nc2ccc(OC(F)F)c(F)c2)sc2ncn(C)c(=O)c12. The van der Waals surface area contributed by atoms with Crippen LogP contribution in [0.3, 0.4) is 0 Å². The van der Waals surface area contributed by atoms with Gasteiger partial charge in [0.2, 0.25) is 0 Å². The van der Waals surface area contributed by atoms with Gasteiger partial charge < -0.3 is 14.6 Å². The molecule has 3 rings (SSSR count). The molecular weight excluding hydrogens is 371 g/mol. The molecule has 0 atom stereocenters. The predicted molar refractivity (Wildman–Crippen MR) is 90.6 cm³/mol. The van der Waals surface area contributed by atoms with Gasteiger partial charge in [0.25, 0.3) is 11.5 Å². The highest BCUT2D eigenvalue weighted by Crippen LogP contribution is 2.28. The normalized spacial score (nSPS) is 11.2. The molecule has 26 heavy (non-hydrogen) atoms. The summed E-state index contributed by atoms with van der Waals surface area (Å²) < 4.78 is 43.4. The third-order valence-corrected chi connectivity index (χ3v) is 4.82. The first-order valence-electron chi connectivity index (χ1n) is 7.28. The maximum absolute atomic E-state index is 13.7. The molecule has 0 fully saturated rings. The van der Waals surface area contributed by atoms with Crippen LogP contribution in [0.1, 0.15) is 15.2 Å². The number of amides is 1. The standard InChI is InChI=1S/C16H12F3N3O3S/c1-7-11-14(20-6-22(2)15(11)24)26-12(7)13(23)21-8-3-4-10(9(17)5-8)25-16(18)19/h3-6,16H,1-2H3,(H,21,23). The third-order valence-electron chi connectivity index (χ3n) is 3.62. The Labute approximate surface area is 148 Å². The van der Waals surface area contributed by atoms with Crippen LogP contribution in [0.4, 0.5) is 18.9 Å². The Morgan fingerprint density at radius 1 is 1.38 bits per heavy atom. The van der Waals surface area contributed by atoms with Crippen LogP contribution in [-0.4, -0.2) is 22.1 Å². The van der Waals surface area contributed by atoms with Crippen molar-refractivity contribution >= 4 is 33.1 Å². The predicted octanol–water partition coefficient (Wildman–Crippen LogP) is 3.30. The number of nitrogens with one attached hydrogen (secondary N) is 1. The Kier molecular flexibility index (Phi) is 4.68. The highest BCUT2D eigenvalue weighted by atomic mass is 32.1. The lowest BCUT2D eigenvalue weighted by atomic mass is 10.2. The van der Waals surface area contributed by atoms with Crippen molar-refractivity contribution in [3.05, 3.63) is 51.1 Å². The van der Waals surface area contributed by atoms with E-state index in [2.05, 4.69) is 15.0 Å². The molecule has 0 bridgehead atoms.